The first-order valence-electron chi connectivity index (χ1n) is 20.1. The molecule has 1 aliphatic heterocycles. The number of nitrogens with zero attached hydrogens (tertiary/aromatic N) is 1. The molecule has 6 aromatic carbocycles. The van der Waals surface area contributed by atoms with E-state index in [-0.39, 0.29) is 0 Å². The second-order valence-electron chi connectivity index (χ2n) is 14.8. The Balaban J connectivity index is 1.20. The lowest BCUT2D eigenvalue weighted by Crippen LogP contribution is -2.59. The van der Waals surface area contributed by atoms with Gasteiger partial charge in [-0.1, -0.05) is 171 Å². The van der Waals surface area contributed by atoms with Crippen LogP contribution in [0.3, 0.4) is 0 Å². The Kier molecular flexibility index (Phi) is 13.0. The molecule has 6 nitrogen and oxygen atoms in total. The SMILES string of the molecule is CCc1ccc(Cc2cn(C3O[C@H](COCc4ccccc4)[C@@H](OCc4ccccc4)[C@H](OCc4ccccc4)[C@H]3OCc3ccccc3)c3ccccc23)cc1. The summed E-state index contributed by atoms with van der Waals surface area (Å²) >= 11 is 0. The van der Waals surface area contributed by atoms with Gasteiger partial charge in [0, 0.05) is 11.6 Å². The number of hydrogen-bond donors (Lipinski definition) is 0. The number of fused-ring (bicyclic) bond motifs is 1. The Morgan fingerprint density at radius 3 is 1.51 bits per heavy atom. The van der Waals surface area contributed by atoms with E-state index in [1.54, 1.807) is 0 Å². The second-order valence-corrected chi connectivity index (χ2v) is 14.8. The third kappa shape index (κ3) is 9.80. The van der Waals surface area contributed by atoms with E-state index in [9.17, 15) is 0 Å². The highest BCUT2D eigenvalue weighted by molar-refractivity contribution is 5.84. The van der Waals surface area contributed by atoms with E-state index < -0.39 is 30.6 Å². The van der Waals surface area contributed by atoms with Gasteiger partial charge in [0.15, 0.2) is 6.23 Å². The maximum Gasteiger partial charge on any atom is 0.163 e. The summed E-state index contributed by atoms with van der Waals surface area (Å²) in [6.07, 6.45) is 1.44. The average molecular weight is 758 g/mol. The Morgan fingerprint density at radius 1 is 0.474 bits per heavy atom. The fourth-order valence-corrected chi connectivity index (χ4v) is 7.73. The first-order valence-corrected chi connectivity index (χ1v) is 20.1. The molecule has 0 saturated carbocycles. The number of ether oxygens (including phenoxy) is 5. The molecule has 0 N–H and O–H groups in total. The van der Waals surface area contributed by atoms with Crippen molar-refractivity contribution in [2.45, 2.75) is 76.8 Å². The topological polar surface area (TPSA) is 51.1 Å². The summed E-state index contributed by atoms with van der Waals surface area (Å²) in [6, 6.07) is 58.7. The number of hydrogen-bond acceptors (Lipinski definition) is 5. The molecular formula is C51H51NO5. The van der Waals surface area contributed by atoms with Gasteiger partial charge in [-0.05, 0) is 57.9 Å². The summed E-state index contributed by atoms with van der Waals surface area (Å²) in [7, 11) is 0. The van der Waals surface area contributed by atoms with Gasteiger partial charge in [-0.3, -0.25) is 0 Å². The van der Waals surface area contributed by atoms with Crippen LogP contribution in [0.25, 0.3) is 10.9 Å². The minimum Gasteiger partial charge on any atom is -0.374 e. The summed E-state index contributed by atoms with van der Waals surface area (Å²) in [6.45, 7) is 4.10. The van der Waals surface area contributed by atoms with Crippen LogP contribution >= 0.6 is 0 Å². The molecule has 0 aliphatic carbocycles. The molecule has 57 heavy (non-hydrogen) atoms. The quantitative estimate of drug-likeness (QED) is 0.0926. The lowest BCUT2D eigenvalue weighted by molar-refractivity contribution is -0.289. The van der Waals surface area contributed by atoms with Crippen LogP contribution in [-0.4, -0.2) is 35.6 Å². The summed E-state index contributed by atoms with van der Waals surface area (Å²) in [5.41, 5.74) is 9.21. The minimum atomic E-state index is -0.558. The maximum absolute atomic E-state index is 7.30. The van der Waals surface area contributed by atoms with Crippen molar-refractivity contribution in [1.29, 1.82) is 0 Å². The van der Waals surface area contributed by atoms with E-state index in [0.717, 1.165) is 40.6 Å². The lowest BCUT2D eigenvalue weighted by Gasteiger charge is -2.46. The molecule has 0 bridgehead atoms. The molecule has 1 aromatic heterocycles. The molecule has 1 fully saturated rings. The zero-order chi connectivity index (χ0) is 38.7. The van der Waals surface area contributed by atoms with Crippen LogP contribution < -0.4 is 0 Å². The normalized spacial score (nSPS) is 19.5. The first-order chi connectivity index (χ1) is 28.2. The summed E-state index contributed by atoms with van der Waals surface area (Å²) in [4.78, 5) is 0. The van der Waals surface area contributed by atoms with E-state index in [1.807, 2.05) is 72.8 Å². The molecule has 1 saturated heterocycles. The van der Waals surface area contributed by atoms with Gasteiger partial charge in [0.05, 0.1) is 38.6 Å². The Morgan fingerprint density at radius 2 is 0.947 bits per heavy atom. The van der Waals surface area contributed by atoms with Crippen LogP contribution in [0.5, 0.6) is 0 Å². The van der Waals surface area contributed by atoms with Crippen molar-refractivity contribution in [3.63, 3.8) is 0 Å². The molecule has 1 aliphatic rings. The van der Waals surface area contributed by atoms with Crippen LogP contribution in [0.4, 0.5) is 0 Å². The Bertz CT molecular complexity index is 2240. The highest BCUT2D eigenvalue weighted by Gasteiger charge is 2.49. The first kappa shape index (κ1) is 38.5. The van der Waals surface area contributed by atoms with E-state index in [2.05, 4.69) is 115 Å². The maximum atomic E-state index is 7.30. The van der Waals surface area contributed by atoms with Crippen molar-refractivity contribution in [3.8, 4) is 0 Å². The summed E-state index contributed by atoms with van der Waals surface area (Å²) in [5.74, 6) is 0. The van der Waals surface area contributed by atoms with Gasteiger partial charge in [0.25, 0.3) is 0 Å². The monoisotopic (exact) mass is 757 g/mol. The molecule has 1 unspecified atom stereocenters. The Hall–Kier alpha value is -5.34. The van der Waals surface area contributed by atoms with Gasteiger partial charge in [-0.15, -0.1) is 0 Å². The molecule has 0 spiro atoms. The van der Waals surface area contributed by atoms with Crippen LogP contribution in [0.1, 0.15) is 52.1 Å². The molecule has 0 amide bonds. The largest absolute Gasteiger partial charge is 0.374 e. The van der Waals surface area contributed by atoms with Crippen molar-refractivity contribution in [2.24, 2.45) is 0 Å². The predicted octanol–water partition coefficient (Wildman–Crippen LogP) is 10.7. The van der Waals surface area contributed by atoms with E-state index in [1.165, 1.54) is 22.1 Å². The van der Waals surface area contributed by atoms with Crippen molar-refractivity contribution in [3.05, 3.63) is 215 Å². The molecule has 2 heterocycles. The van der Waals surface area contributed by atoms with Gasteiger partial charge in [0.1, 0.15) is 24.4 Å². The van der Waals surface area contributed by atoms with E-state index >= 15 is 0 Å². The molecule has 6 heteroatoms. The number of aryl methyl sites for hydroxylation is 1. The van der Waals surface area contributed by atoms with Gasteiger partial charge in [-0.2, -0.15) is 0 Å². The van der Waals surface area contributed by atoms with Crippen LogP contribution in [-0.2, 0) is 63.0 Å². The lowest BCUT2D eigenvalue weighted by atomic mass is 9.96. The highest BCUT2D eigenvalue weighted by atomic mass is 16.6. The molecule has 7 aromatic rings. The third-order valence-corrected chi connectivity index (χ3v) is 10.8. The van der Waals surface area contributed by atoms with Gasteiger partial charge in [0.2, 0.25) is 0 Å². The number of rotatable bonds is 17. The van der Waals surface area contributed by atoms with Crippen LogP contribution in [0, 0.1) is 0 Å². The number of benzene rings is 6. The zero-order valence-corrected chi connectivity index (χ0v) is 32.6. The van der Waals surface area contributed by atoms with Gasteiger partial charge >= 0.3 is 0 Å². The molecular weight excluding hydrogens is 707 g/mol. The van der Waals surface area contributed by atoms with Crippen molar-refractivity contribution in [2.75, 3.05) is 6.61 Å². The van der Waals surface area contributed by atoms with Gasteiger partial charge in [-0.25, -0.2) is 0 Å². The number of aromatic nitrogens is 1. The third-order valence-electron chi connectivity index (χ3n) is 10.8. The van der Waals surface area contributed by atoms with E-state index in [4.69, 9.17) is 23.7 Å². The molecule has 0 radical (unpaired) electrons. The van der Waals surface area contributed by atoms with Crippen molar-refractivity contribution in [1.82, 2.24) is 4.57 Å². The van der Waals surface area contributed by atoms with Crippen molar-refractivity contribution >= 4 is 10.9 Å². The fourth-order valence-electron chi connectivity index (χ4n) is 7.73. The van der Waals surface area contributed by atoms with E-state index in [0.29, 0.717) is 33.0 Å². The predicted molar refractivity (Wildman–Crippen MR) is 226 cm³/mol. The van der Waals surface area contributed by atoms with Crippen LogP contribution in [0.15, 0.2) is 176 Å². The second kappa shape index (κ2) is 19.2. The van der Waals surface area contributed by atoms with Crippen molar-refractivity contribution < 1.29 is 23.7 Å². The zero-order valence-electron chi connectivity index (χ0n) is 32.6. The Labute approximate surface area is 336 Å². The molecule has 8 rings (SSSR count). The van der Waals surface area contributed by atoms with Gasteiger partial charge < -0.3 is 28.3 Å². The average Bonchev–Trinajstić information content (AvgIpc) is 3.64. The smallest absolute Gasteiger partial charge is 0.163 e. The highest BCUT2D eigenvalue weighted by Crippen LogP contribution is 2.39. The molecule has 290 valence electrons. The minimum absolute atomic E-state index is 0.303. The fraction of sp³-hybridized carbons (Fsp3) is 0.255. The summed E-state index contributed by atoms with van der Waals surface area (Å²) < 4.78 is 37.1. The number of para-hydroxylation sites is 1. The van der Waals surface area contributed by atoms with Crippen LogP contribution in [0.2, 0.25) is 0 Å². The molecule has 5 atom stereocenters. The standard InChI is InChI=1S/C51H51NO5/c1-2-38-27-29-39(30-28-38)31-44-32-52(46-26-16-15-25-45(44)46)51-50(56-36-43-23-13-6-14-24-43)49(55-35-42-21-11-5-12-22-42)48(54-34-41-19-9-4-10-20-41)47(57-51)37-53-33-40-17-7-3-8-18-40/h3-30,32,47-51H,2,31,33-37H2,1H3/t47-,48-,49+,50-,51?/m1/s1. The summed E-state index contributed by atoms with van der Waals surface area (Å²) in [5, 5.41) is 1.18.